The molecule has 0 aliphatic rings. The van der Waals surface area contributed by atoms with Crippen LogP contribution in [0, 0.1) is 11.3 Å². The predicted molar refractivity (Wildman–Crippen MR) is 142 cm³/mol. The second kappa shape index (κ2) is 10.1. The van der Waals surface area contributed by atoms with Crippen molar-refractivity contribution >= 4 is 34.2 Å². The molecule has 2 N–H and O–H groups in total. The highest BCUT2D eigenvalue weighted by Crippen LogP contribution is 2.30. The van der Waals surface area contributed by atoms with E-state index in [9.17, 15) is 9.59 Å². The zero-order valence-corrected chi connectivity index (χ0v) is 21.7. The number of Topliss-reactive ketones (excluding diaryl/α,β-unsaturated/α-hetero) is 1. The van der Waals surface area contributed by atoms with E-state index >= 15 is 0 Å². The molecule has 0 aliphatic carbocycles. The van der Waals surface area contributed by atoms with Gasteiger partial charge < -0.3 is 10.3 Å². The fourth-order valence-corrected chi connectivity index (χ4v) is 4.71. The molecule has 0 saturated carbocycles. The van der Waals surface area contributed by atoms with Crippen molar-refractivity contribution < 1.29 is 9.59 Å². The van der Waals surface area contributed by atoms with E-state index in [1.54, 1.807) is 12.4 Å². The molecule has 0 spiro atoms. The number of thiophene rings is 1. The van der Waals surface area contributed by atoms with E-state index in [0.29, 0.717) is 33.7 Å². The molecule has 3 aromatic heterocycles. The SMILES string of the molecule is C[C@@H](CC(=O)c1ccc(-c2cnc3[nH]cc(C(=O)N[C@@H](C)C(C)(C)C)c3n2)s1)Cc1ccccc1. The van der Waals surface area contributed by atoms with Crippen LogP contribution >= 0.6 is 11.3 Å². The van der Waals surface area contributed by atoms with Gasteiger partial charge in [-0.25, -0.2) is 9.97 Å². The van der Waals surface area contributed by atoms with Crippen molar-refractivity contribution in [3.05, 3.63) is 70.9 Å². The van der Waals surface area contributed by atoms with Gasteiger partial charge in [0.05, 0.1) is 27.2 Å². The van der Waals surface area contributed by atoms with Crippen LogP contribution in [0.1, 0.15) is 66.6 Å². The van der Waals surface area contributed by atoms with Crippen LogP contribution in [0.4, 0.5) is 0 Å². The van der Waals surface area contributed by atoms with E-state index in [2.05, 4.69) is 55.1 Å². The molecule has 6 nitrogen and oxygen atoms in total. The maximum absolute atomic E-state index is 12.9. The summed E-state index contributed by atoms with van der Waals surface area (Å²) in [6.45, 7) is 10.4. The molecule has 0 saturated heterocycles. The minimum Gasteiger partial charge on any atom is -0.349 e. The summed E-state index contributed by atoms with van der Waals surface area (Å²) >= 11 is 1.42. The summed E-state index contributed by atoms with van der Waals surface area (Å²) in [5.74, 6) is 0.208. The summed E-state index contributed by atoms with van der Waals surface area (Å²) in [5.41, 5.74) is 3.39. The molecule has 4 aromatic rings. The van der Waals surface area contributed by atoms with Crippen molar-refractivity contribution in [2.75, 3.05) is 0 Å². The number of H-pyrrole nitrogens is 1. The van der Waals surface area contributed by atoms with Crippen molar-refractivity contribution in [2.24, 2.45) is 11.3 Å². The topological polar surface area (TPSA) is 87.7 Å². The molecule has 0 unspecified atom stereocenters. The van der Waals surface area contributed by atoms with Crippen LogP contribution in [0.2, 0.25) is 0 Å². The monoisotopic (exact) mass is 488 g/mol. The second-order valence-electron chi connectivity index (χ2n) is 10.3. The quantitative estimate of drug-likeness (QED) is 0.285. The molecule has 7 heteroatoms. The Kier molecular flexibility index (Phi) is 7.17. The highest BCUT2D eigenvalue weighted by Gasteiger charge is 2.24. The predicted octanol–water partition coefficient (Wildman–Crippen LogP) is 6.30. The molecular formula is C28H32N4O2S. The summed E-state index contributed by atoms with van der Waals surface area (Å²) in [7, 11) is 0. The van der Waals surface area contributed by atoms with Gasteiger partial charge in [-0.05, 0) is 42.4 Å². The first kappa shape index (κ1) is 24.8. The third kappa shape index (κ3) is 5.85. The largest absolute Gasteiger partial charge is 0.349 e. The lowest BCUT2D eigenvalue weighted by atomic mass is 9.88. The number of hydrogen-bond acceptors (Lipinski definition) is 5. The van der Waals surface area contributed by atoms with Crippen LogP contribution in [-0.2, 0) is 6.42 Å². The Morgan fingerprint density at radius 2 is 1.83 bits per heavy atom. The molecule has 0 aliphatic heterocycles. The number of aromatic amines is 1. The van der Waals surface area contributed by atoms with Crippen molar-refractivity contribution in [3.63, 3.8) is 0 Å². The smallest absolute Gasteiger partial charge is 0.255 e. The van der Waals surface area contributed by atoms with E-state index in [1.165, 1.54) is 16.9 Å². The first-order chi connectivity index (χ1) is 16.6. The average Bonchev–Trinajstić information content (AvgIpc) is 3.46. The fraction of sp³-hybridized carbons (Fsp3) is 0.357. The zero-order chi connectivity index (χ0) is 25.2. The number of fused-ring (bicyclic) bond motifs is 1. The molecule has 0 radical (unpaired) electrons. The minimum absolute atomic E-state index is 0.00811. The standard InChI is InChI=1S/C28H32N4O2S/c1-17(13-19-9-7-6-8-10-19)14-22(33)24-12-11-23(35-24)21-16-30-26-25(32-21)20(15-29-26)27(34)31-18(2)28(3,4)5/h6-12,15-18H,13-14H2,1-5H3,(H,29,30)(H,31,34)/t17-,18+/m1/s1. The van der Waals surface area contributed by atoms with Gasteiger partial charge >= 0.3 is 0 Å². The van der Waals surface area contributed by atoms with Gasteiger partial charge in [0, 0.05) is 18.7 Å². The third-order valence-corrected chi connectivity index (χ3v) is 7.52. The van der Waals surface area contributed by atoms with Gasteiger partial charge in [0.25, 0.3) is 5.91 Å². The first-order valence-electron chi connectivity index (χ1n) is 11.9. The molecule has 0 fully saturated rings. The van der Waals surface area contributed by atoms with E-state index in [1.807, 2.05) is 37.3 Å². The Hall–Kier alpha value is -3.32. The summed E-state index contributed by atoms with van der Waals surface area (Å²) in [6.07, 6.45) is 4.69. The first-order valence-corrected chi connectivity index (χ1v) is 12.8. The number of benzene rings is 1. The van der Waals surface area contributed by atoms with Crippen LogP contribution < -0.4 is 5.32 Å². The van der Waals surface area contributed by atoms with Gasteiger partial charge in [-0.1, -0.05) is 58.0 Å². The third-order valence-electron chi connectivity index (χ3n) is 6.37. The highest BCUT2D eigenvalue weighted by molar-refractivity contribution is 7.17. The average molecular weight is 489 g/mol. The Bertz CT molecular complexity index is 1330. The fourth-order valence-electron chi connectivity index (χ4n) is 3.81. The van der Waals surface area contributed by atoms with E-state index in [-0.39, 0.29) is 29.1 Å². The number of carbonyl (C=O) groups is 2. The van der Waals surface area contributed by atoms with Crippen molar-refractivity contribution in [1.82, 2.24) is 20.3 Å². The van der Waals surface area contributed by atoms with E-state index < -0.39 is 0 Å². The molecule has 4 rings (SSSR count). The lowest BCUT2D eigenvalue weighted by Crippen LogP contribution is -2.41. The molecule has 182 valence electrons. The van der Waals surface area contributed by atoms with Gasteiger partial charge in [-0.15, -0.1) is 11.3 Å². The Morgan fingerprint density at radius 3 is 2.54 bits per heavy atom. The van der Waals surface area contributed by atoms with Crippen molar-refractivity contribution in [3.8, 4) is 10.6 Å². The minimum atomic E-state index is -0.181. The molecule has 0 bridgehead atoms. The lowest BCUT2D eigenvalue weighted by molar-refractivity contribution is 0.0910. The molecular weight excluding hydrogens is 456 g/mol. The van der Waals surface area contributed by atoms with Crippen LogP contribution in [0.25, 0.3) is 21.7 Å². The summed E-state index contributed by atoms with van der Waals surface area (Å²) in [4.78, 5) is 39.6. The maximum Gasteiger partial charge on any atom is 0.255 e. The van der Waals surface area contributed by atoms with Gasteiger partial charge in [-0.2, -0.15) is 0 Å². The Morgan fingerprint density at radius 1 is 1.09 bits per heavy atom. The maximum atomic E-state index is 12.9. The number of aromatic nitrogens is 3. The van der Waals surface area contributed by atoms with Crippen molar-refractivity contribution in [1.29, 1.82) is 0 Å². The zero-order valence-electron chi connectivity index (χ0n) is 20.9. The molecule has 2 atom stereocenters. The summed E-state index contributed by atoms with van der Waals surface area (Å²) < 4.78 is 0. The van der Waals surface area contributed by atoms with Gasteiger partial charge in [-0.3, -0.25) is 9.59 Å². The van der Waals surface area contributed by atoms with Gasteiger partial charge in [0.2, 0.25) is 0 Å². The number of rotatable bonds is 8. The van der Waals surface area contributed by atoms with Crippen molar-refractivity contribution in [2.45, 2.75) is 53.5 Å². The van der Waals surface area contributed by atoms with Gasteiger partial charge in [0.15, 0.2) is 11.4 Å². The van der Waals surface area contributed by atoms with E-state index in [4.69, 9.17) is 4.98 Å². The number of carbonyl (C=O) groups excluding carboxylic acids is 2. The van der Waals surface area contributed by atoms with Crippen LogP contribution in [0.15, 0.2) is 54.9 Å². The molecule has 1 aromatic carbocycles. The van der Waals surface area contributed by atoms with Crippen LogP contribution in [0.3, 0.4) is 0 Å². The molecule has 3 heterocycles. The highest BCUT2D eigenvalue weighted by atomic mass is 32.1. The number of nitrogens with zero attached hydrogens (tertiary/aromatic N) is 2. The van der Waals surface area contributed by atoms with Gasteiger partial charge in [0.1, 0.15) is 5.52 Å². The van der Waals surface area contributed by atoms with Crippen LogP contribution in [-0.4, -0.2) is 32.7 Å². The number of ketones is 1. The lowest BCUT2D eigenvalue weighted by Gasteiger charge is -2.27. The Balaban J connectivity index is 1.49. The molecule has 1 amide bonds. The van der Waals surface area contributed by atoms with E-state index in [0.717, 1.165) is 11.3 Å². The number of amides is 1. The number of nitrogens with one attached hydrogen (secondary N) is 2. The summed E-state index contributed by atoms with van der Waals surface area (Å²) in [5, 5.41) is 3.06. The number of hydrogen-bond donors (Lipinski definition) is 2. The summed E-state index contributed by atoms with van der Waals surface area (Å²) in [6, 6.07) is 14.0. The molecule has 35 heavy (non-hydrogen) atoms. The van der Waals surface area contributed by atoms with Crippen LogP contribution in [0.5, 0.6) is 0 Å². The second-order valence-corrected chi connectivity index (χ2v) is 11.4. The normalized spacial score (nSPS) is 13.5. The Labute approximate surface area is 210 Å².